The summed E-state index contributed by atoms with van der Waals surface area (Å²) in [7, 11) is 1.80. The number of halogens is 2. The predicted molar refractivity (Wildman–Crippen MR) is 77.5 cm³/mol. The minimum atomic E-state index is 0.0409. The SMILES string of the molecule is CN(CCCN)C(=O)c1cc(Br)ccc1I. The van der Waals surface area contributed by atoms with Crippen LogP contribution in [0.2, 0.25) is 0 Å². The normalized spacial score (nSPS) is 10.2. The summed E-state index contributed by atoms with van der Waals surface area (Å²) in [5, 5.41) is 0. The second kappa shape index (κ2) is 6.56. The first kappa shape index (κ1) is 13.9. The molecule has 0 spiro atoms. The van der Waals surface area contributed by atoms with E-state index in [2.05, 4.69) is 38.5 Å². The number of carbonyl (C=O) groups is 1. The summed E-state index contributed by atoms with van der Waals surface area (Å²) in [6, 6.07) is 5.70. The van der Waals surface area contributed by atoms with Gasteiger partial charge in [-0.25, -0.2) is 0 Å². The van der Waals surface area contributed by atoms with Gasteiger partial charge >= 0.3 is 0 Å². The van der Waals surface area contributed by atoms with Crippen LogP contribution in [0.15, 0.2) is 22.7 Å². The number of amides is 1. The monoisotopic (exact) mass is 396 g/mol. The number of nitrogens with two attached hydrogens (primary N) is 1. The first-order valence-electron chi connectivity index (χ1n) is 4.97. The minimum Gasteiger partial charge on any atom is -0.342 e. The maximum Gasteiger partial charge on any atom is 0.254 e. The van der Waals surface area contributed by atoms with Crippen LogP contribution in [0.4, 0.5) is 0 Å². The quantitative estimate of drug-likeness (QED) is 0.794. The first-order chi connectivity index (χ1) is 7.56. The molecule has 3 nitrogen and oxygen atoms in total. The van der Waals surface area contributed by atoms with Crippen LogP contribution < -0.4 is 5.73 Å². The highest BCUT2D eigenvalue weighted by atomic mass is 127. The molecule has 1 amide bonds. The molecule has 0 aliphatic heterocycles. The van der Waals surface area contributed by atoms with Gasteiger partial charge in [0.05, 0.1) is 5.56 Å². The summed E-state index contributed by atoms with van der Waals surface area (Å²) in [5.41, 5.74) is 6.15. The Morgan fingerprint density at radius 2 is 2.25 bits per heavy atom. The van der Waals surface area contributed by atoms with E-state index in [0.717, 1.165) is 20.0 Å². The fourth-order valence-electron chi connectivity index (χ4n) is 1.30. The predicted octanol–water partition coefficient (Wildman–Crippen LogP) is 2.47. The van der Waals surface area contributed by atoms with Crippen LogP contribution in [-0.2, 0) is 0 Å². The van der Waals surface area contributed by atoms with E-state index in [9.17, 15) is 4.79 Å². The van der Waals surface area contributed by atoms with Crippen molar-refractivity contribution in [3.8, 4) is 0 Å². The summed E-state index contributed by atoms with van der Waals surface area (Å²) in [5.74, 6) is 0.0409. The van der Waals surface area contributed by atoms with Crippen LogP contribution in [0.1, 0.15) is 16.8 Å². The average molecular weight is 397 g/mol. The van der Waals surface area contributed by atoms with Crippen molar-refractivity contribution in [2.75, 3.05) is 20.1 Å². The lowest BCUT2D eigenvalue weighted by atomic mass is 10.2. The number of benzene rings is 1. The smallest absolute Gasteiger partial charge is 0.254 e. The average Bonchev–Trinajstić information content (AvgIpc) is 2.28. The van der Waals surface area contributed by atoms with Gasteiger partial charge in [0.2, 0.25) is 0 Å². The highest BCUT2D eigenvalue weighted by Crippen LogP contribution is 2.19. The molecule has 1 aromatic carbocycles. The highest BCUT2D eigenvalue weighted by Gasteiger charge is 2.14. The van der Waals surface area contributed by atoms with Crippen molar-refractivity contribution in [2.45, 2.75) is 6.42 Å². The Morgan fingerprint density at radius 3 is 2.88 bits per heavy atom. The Morgan fingerprint density at radius 1 is 1.56 bits per heavy atom. The van der Waals surface area contributed by atoms with Crippen LogP contribution in [0, 0.1) is 3.57 Å². The third-order valence-electron chi connectivity index (χ3n) is 2.20. The molecular formula is C11H14BrIN2O. The van der Waals surface area contributed by atoms with Crippen LogP contribution >= 0.6 is 38.5 Å². The zero-order valence-electron chi connectivity index (χ0n) is 9.04. The number of rotatable bonds is 4. The zero-order valence-corrected chi connectivity index (χ0v) is 12.8. The largest absolute Gasteiger partial charge is 0.342 e. The Kier molecular flexibility index (Phi) is 5.71. The summed E-state index contributed by atoms with van der Waals surface area (Å²) >= 11 is 5.54. The number of hydrogen-bond acceptors (Lipinski definition) is 2. The highest BCUT2D eigenvalue weighted by molar-refractivity contribution is 14.1. The molecule has 0 radical (unpaired) electrons. The summed E-state index contributed by atoms with van der Waals surface area (Å²) in [6.07, 6.45) is 0.826. The van der Waals surface area contributed by atoms with E-state index >= 15 is 0 Å². The minimum absolute atomic E-state index is 0.0409. The molecule has 0 unspecified atom stereocenters. The summed E-state index contributed by atoms with van der Waals surface area (Å²) < 4.78 is 1.88. The fraction of sp³-hybridized carbons (Fsp3) is 0.364. The van der Waals surface area contributed by atoms with Crippen molar-refractivity contribution in [2.24, 2.45) is 5.73 Å². The molecule has 1 aromatic rings. The molecule has 1 rings (SSSR count). The van der Waals surface area contributed by atoms with Crippen molar-refractivity contribution in [3.05, 3.63) is 31.8 Å². The van der Waals surface area contributed by atoms with Crippen molar-refractivity contribution < 1.29 is 4.79 Å². The van der Waals surface area contributed by atoms with E-state index in [4.69, 9.17) is 5.73 Å². The van der Waals surface area contributed by atoms with Crippen molar-refractivity contribution in [1.29, 1.82) is 0 Å². The third-order valence-corrected chi connectivity index (χ3v) is 3.64. The van der Waals surface area contributed by atoms with E-state index in [1.807, 2.05) is 18.2 Å². The van der Waals surface area contributed by atoms with Gasteiger partial charge in [0.15, 0.2) is 0 Å². The van der Waals surface area contributed by atoms with Gasteiger partial charge in [-0.05, 0) is 53.8 Å². The molecule has 88 valence electrons. The lowest BCUT2D eigenvalue weighted by Crippen LogP contribution is -2.29. The molecule has 0 aromatic heterocycles. The van der Waals surface area contributed by atoms with E-state index in [1.165, 1.54) is 0 Å². The number of carbonyl (C=O) groups excluding carboxylic acids is 1. The van der Waals surface area contributed by atoms with E-state index < -0.39 is 0 Å². The van der Waals surface area contributed by atoms with E-state index in [0.29, 0.717) is 13.1 Å². The van der Waals surface area contributed by atoms with Gasteiger partial charge in [-0.3, -0.25) is 4.79 Å². The lowest BCUT2D eigenvalue weighted by Gasteiger charge is -2.17. The molecule has 0 saturated carbocycles. The van der Waals surface area contributed by atoms with Gasteiger partial charge in [0.25, 0.3) is 5.91 Å². The molecule has 0 saturated heterocycles. The van der Waals surface area contributed by atoms with Crippen molar-refractivity contribution >= 4 is 44.4 Å². The second-order valence-corrected chi connectivity index (χ2v) is 5.57. The molecular weight excluding hydrogens is 383 g/mol. The molecule has 16 heavy (non-hydrogen) atoms. The van der Waals surface area contributed by atoms with Gasteiger partial charge in [-0.15, -0.1) is 0 Å². The van der Waals surface area contributed by atoms with Gasteiger partial charge < -0.3 is 10.6 Å². The van der Waals surface area contributed by atoms with Crippen molar-refractivity contribution in [3.63, 3.8) is 0 Å². The standard InChI is InChI=1S/C11H14BrIN2O/c1-15(6-2-5-14)11(16)9-7-8(12)3-4-10(9)13/h3-4,7H,2,5-6,14H2,1H3. The second-order valence-electron chi connectivity index (χ2n) is 3.49. The molecule has 0 bridgehead atoms. The Balaban J connectivity index is 2.83. The van der Waals surface area contributed by atoms with Crippen LogP contribution in [-0.4, -0.2) is 30.9 Å². The summed E-state index contributed by atoms with van der Waals surface area (Å²) in [6.45, 7) is 1.30. The molecule has 2 N–H and O–H groups in total. The number of hydrogen-bond donors (Lipinski definition) is 1. The van der Waals surface area contributed by atoms with Crippen LogP contribution in [0.25, 0.3) is 0 Å². The molecule has 0 aliphatic carbocycles. The van der Waals surface area contributed by atoms with E-state index in [-0.39, 0.29) is 5.91 Å². The molecule has 0 fully saturated rings. The van der Waals surface area contributed by atoms with Crippen LogP contribution in [0.5, 0.6) is 0 Å². The zero-order chi connectivity index (χ0) is 12.1. The van der Waals surface area contributed by atoms with E-state index in [1.54, 1.807) is 11.9 Å². The first-order valence-corrected chi connectivity index (χ1v) is 6.84. The molecule has 0 aliphatic rings. The fourth-order valence-corrected chi connectivity index (χ4v) is 2.22. The lowest BCUT2D eigenvalue weighted by molar-refractivity contribution is 0.0793. The van der Waals surface area contributed by atoms with Gasteiger partial charge in [0.1, 0.15) is 0 Å². The van der Waals surface area contributed by atoms with Gasteiger partial charge in [0, 0.05) is 21.6 Å². The maximum absolute atomic E-state index is 12.1. The Bertz CT molecular complexity index is 384. The Hall–Kier alpha value is -0.140. The molecule has 5 heteroatoms. The van der Waals surface area contributed by atoms with Gasteiger partial charge in [-0.2, -0.15) is 0 Å². The Labute approximate surface area is 118 Å². The van der Waals surface area contributed by atoms with Gasteiger partial charge in [-0.1, -0.05) is 15.9 Å². The molecule has 0 atom stereocenters. The molecule has 0 heterocycles. The number of nitrogens with zero attached hydrogens (tertiary/aromatic N) is 1. The third kappa shape index (κ3) is 3.71. The maximum atomic E-state index is 12.1. The topological polar surface area (TPSA) is 46.3 Å². The van der Waals surface area contributed by atoms with Crippen molar-refractivity contribution in [1.82, 2.24) is 4.90 Å². The van der Waals surface area contributed by atoms with Crippen LogP contribution in [0.3, 0.4) is 0 Å². The summed E-state index contributed by atoms with van der Waals surface area (Å²) in [4.78, 5) is 13.8.